The molecule has 0 aliphatic heterocycles. The van der Waals surface area contributed by atoms with E-state index >= 15 is 0 Å². The van der Waals surface area contributed by atoms with Crippen LogP contribution < -0.4 is 10.1 Å². The molecule has 1 fully saturated rings. The number of nitrogens with one attached hydrogen (secondary N) is 1. The maximum atomic E-state index is 13.2. The summed E-state index contributed by atoms with van der Waals surface area (Å²) < 4.78 is 18.8. The fourth-order valence-corrected chi connectivity index (χ4v) is 1.74. The minimum absolute atomic E-state index is 0.197. The summed E-state index contributed by atoms with van der Waals surface area (Å²) in [5.41, 5.74) is 0.657. The van der Waals surface area contributed by atoms with Crippen molar-refractivity contribution >= 4 is 0 Å². The number of aryl methyl sites for hydroxylation is 1. The lowest BCUT2D eigenvalue weighted by atomic mass is 9.89. The van der Waals surface area contributed by atoms with Crippen molar-refractivity contribution in [3.05, 3.63) is 29.6 Å². The Bertz CT molecular complexity index is 347. The zero-order valence-electron chi connectivity index (χ0n) is 9.09. The third kappa shape index (κ3) is 2.29. The molecule has 0 bridgehead atoms. The van der Waals surface area contributed by atoms with Gasteiger partial charge >= 0.3 is 0 Å². The number of hydrogen-bond donors (Lipinski definition) is 1. The summed E-state index contributed by atoms with van der Waals surface area (Å²) in [6.45, 7) is 1.75. The van der Waals surface area contributed by atoms with Crippen LogP contribution in [0.4, 0.5) is 4.39 Å². The predicted octanol–water partition coefficient (Wildman–Crippen LogP) is 2.26. The number of benzene rings is 1. The van der Waals surface area contributed by atoms with Gasteiger partial charge < -0.3 is 10.1 Å². The second-order valence-corrected chi connectivity index (χ2v) is 4.11. The molecule has 2 rings (SSSR count). The average Bonchev–Trinajstić information content (AvgIpc) is 2.16. The fraction of sp³-hybridized carbons (Fsp3) is 0.500. The molecule has 0 spiro atoms. The highest BCUT2D eigenvalue weighted by atomic mass is 19.1. The maximum absolute atomic E-state index is 13.2. The number of rotatable bonds is 3. The van der Waals surface area contributed by atoms with Gasteiger partial charge in [0.15, 0.2) is 0 Å². The van der Waals surface area contributed by atoms with Gasteiger partial charge in [-0.2, -0.15) is 0 Å². The van der Waals surface area contributed by atoms with Crippen LogP contribution in [0.15, 0.2) is 18.2 Å². The van der Waals surface area contributed by atoms with Gasteiger partial charge in [0.05, 0.1) is 0 Å². The van der Waals surface area contributed by atoms with E-state index in [1.165, 1.54) is 6.07 Å². The van der Waals surface area contributed by atoms with E-state index < -0.39 is 0 Å². The Hall–Kier alpha value is -1.09. The van der Waals surface area contributed by atoms with E-state index in [1.54, 1.807) is 13.0 Å². The smallest absolute Gasteiger partial charge is 0.129 e. The number of hydrogen-bond acceptors (Lipinski definition) is 2. The molecule has 1 aliphatic rings. The van der Waals surface area contributed by atoms with Gasteiger partial charge in [0, 0.05) is 12.1 Å². The Kier molecular flexibility index (Phi) is 2.91. The largest absolute Gasteiger partial charge is 0.490 e. The molecule has 0 saturated heterocycles. The van der Waals surface area contributed by atoms with Gasteiger partial charge in [-0.1, -0.05) is 6.07 Å². The summed E-state index contributed by atoms with van der Waals surface area (Å²) >= 11 is 0. The van der Waals surface area contributed by atoms with Crippen LogP contribution in [0.5, 0.6) is 5.75 Å². The van der Waals surface area contributed by atoms with Gasteiger partial charge in [-0.3, -0.25) is 0 Å². The van der Waals surface area contributed by atoms with Gasteiger partial charge in [-0.25, -0.2) is 4.39 Å². The van der Waals surface area contributed by atoms with Crippen LogP contribution in [0.1, 0.15) is 18.4 Å². The van der Waals surface area contributed by atoms with Crippen LogP contribution >= 0.6 is 0 Å². The molecule has 15 heavy (non-hydrogen) atoms. The van der Waals surface area contributed by atoms with Gasteiger partial charge in [-0.05, 0) is 38.4 Å². The SMILES string of the molecule is CNC1CC(Oc2ccc(C)c(F)c2)C1. The van der Waals surface area contributed by atoms with Crippen molar-refractivity contribution in [1.82, 2.24) is 5.32 Å². The van der Waals surface area contributed by atoms with E-state index in [4.69, 9.17) is 4.74 Å². The van der Waals surface area contributed by atoms with Crippen molar-refractivity contribution in [3.8, 4) is 5.75 Å². The molecule has 0 unspecified atom stereocenters. The van der Waals surface area contributed by atoms with Gasteiger partial charge in [-0.15, -0.1) is 0 Å². The third-order valence-electron chi connectivity index (χ3n) is 2.95. The highest BCUT2D eigenvalue weighted by molar-refractivity contribution is 5.28. The number of ether oxygens (including phenoxy) is 1. The van der Waals surface area contributed by atoms with Gasteiger partial charge in [0.1, 0.15) is 17.7 Å². The molecule has 1 aromatic rings. The monoisotopic (exact) mass is 209 g/mol. The Balaban J connectivity index is 1.92. The normalized spacial score (nSPS) is 24.7. The first-order valence-corrected chi connectivity index (χ1v) is 5.29. The molecule has 3 heteroatoms. The zero-order valence-corrected chi connectivity index (χ0v) is 9.09. The molecule has 0 heterocycles. The van der Waals surface area contributed by atoms with Crippen LogP contribution in [0.3, 0.4) is 0 Å². The van der Waals surface area contributed by atoms with E-state index in [-0.39, 0.29) is 11.9 Å². The Morgan fingerprint density at radius 1 is 1.40 bits per heavy atom. The van der Waals surface area contributed by atoms with Crippen molar-refractivity contribution in [3.63, 3.8) is 0 Å². The lowest BCUT2D eigenvalue weighted by Gasteiger charge is -2.35. The molecule has 1 aromatic carbocycles. The minimum Gasteiger partial charge on any atom is -0.490 e. The van der Waals surface area contributed by atoms with E-state index in [0.29, 0.717) is 17.4 Å². The van der Waals surface area contributed by atoms with Crippen LogP contribution in [-0.4, -0.2) is 19.2 Å². The minimum atomic E-state index is -0.197. The molecular formula is C12H16FNO. The molecule has 1 aliphatic carbocycles. The first kappa shape index (κ1) is 10.4. The lowest BCUT2D eigenvalue weighted by Crippen LogP contribution is -2.45. The summed E-state index contributed by atoms with van der Waals surface area (Å²) in [6.07, 6.45) is 2.25. The van der Waals surface area contributed by atoms with Crippen molar-refractivity contribution in [2.45, 2.75) is 31.9 Å². The molecule has 0 aromatic heterocycles. The molecular weight excluding hydrogens is 193 g/mol. The molecule has 0 radical (unpaired) electrons. The Labute approximate surface area is 89.4 Å². The molecule has 0 atom stereocenters. The topological polar surface area (TPSA) is 21.3 Å². The Morgan fingerprint density at radius 2 is 2.13 bits per heavy atom. The summed E-state index contributed by atoms with van der Waals surface area (Å²) in [6, 6.07) is 5.59. The average molecular weight is 209 g/mol. The summed E-state index contributed by atoms with van der Waals surface area (Å²) in [5.74, 6) is 0.439. The van der Waals surface area contributed by atoms with Crippen LogP contribution in [0.2, 0.25) is 0 Å². The van der Waals surface area contributed by atoms with Crippen molar-refractivity contribution in [1.29, 1.82) is 0 Å². The summed E-state index contributed by atoms with van der Waals surface area (Å²) in [7, 11) is 1.95. The van der Waals surface area contributed by atoms with Crippen LogP contribution in [0.25, 0.3) is 0 Å². The van der Waals surface area contributed by atoms with E-state index in [2.05, 4.69) is 5.32 Å². The first-order chi connectivity index (χ1) is 7.19. The first-order valence-electron chi connectivity index (χ1n) is 5.29. The maximum Gasteiger partial charge on any atom is 0.129 e. The summed E-state index contributed by atoms with van der Waals surface area (Å²) in [5, 5.41) is 3.18. The fourth-order valence-electron chi connectivity index (χ4n) is 1.74. The van der Waals surface area contributed by atoms with E-state index in [0.717, 1.165) is 12.8 Å². The van der Waals surface area contributed by atoms with Crippen molar-refractivity contribution < 1.29 is 9.13 Å². The third-order valence-corrected chi connectivity index (χ3v) is 2.95. The Morgan fingerprint density at radius 3 is 2.73 bits per heavy atom. The molecule has 1 saturated carbocycles. The second kappa shape index (κ2) is 4.19. The van der Waals surface area contributed by atoms with Crippen LogP contribution in [0, 0.1) is 12.7 Å². The molecule has 2 nitrogen and oxygen atoms in total. The standard InChI is InChI=1S/C12H16FNO/c1-8-3-4-10(7-12(8)13)15-11-5-9(6-11)14-2/h3-4,7,9,11,14H,5-6H2,1-2H3. The highest BCUT2D eigenvalue weighted by Crippen LogP contribution is 2.26. The lowest BCUT2D eigenvalue weighted by molar-refractivity contribution is 0.0881. The van der Waals surface area contributed by atoms with Crippen molar-refractivity contribution in [2.75, 3.05) is 7.05 Å². The predicted molar refractivity (Wildman–Crippen MR) is 57.6 cm³/mol. The van der Waals surface area contributed by atoms with Gasteiger partial charge in [0.2, 0.25) is 0 Å². The van der Waals surface area contributed by atoms with E-state index in [1.807, 2.05) is 13.1 Å². The zero-order chi connectivity index (χ0) is 10.8. The quantitative estimate of drug-likeness (QED) is 0.824. The van der Waals surface area contributed by atoms with Gasteiger partial charge in [0.25, 0.3) is 0 Å². The molecule has 0 amide bonds. The summed E-state index contributed by atoms with van der Waals surface area (Å²) in [4.78, 5) is 0. The molecule has 82 valence electrons. The number of halogens is 1. The highest BCUT2D eigenvalue weighted by Gasteiger charge is 2.29. The van der Waals surface area contributed by atoms with Crippen molar-refractivity contribution in [2.24, 2.45) is 0 Å². The second-order valence-electron chi connectivity index (χ2n) is 4.11. The van der Waals surface area contributed by atoms with E-state index in [9.17, 15) is 4.39 Å². The van der Waals surface area contributed by atoms with Crippen LogP contribution in [-0.2, 0) is 0 Å². The molecule has 1 N–H and O–H groups in total.